The molecule has 12 aromatic rings. The summed E-state index contributed by atoms with van der Waals surface area (Å²) in [5, 5.41) is 7.37. The van der Waals surface area contributed by atoms with Crippen LogP contribution < -0.4 is 0 Å². The van der Waals surface area contributed by atoms with Gasteiger partial charge in [-0.3, -0.25) is 0 Å². The Morgan fingerprint density at radius 2 is 0.800 bits per heavy atom. The van der Waals surface area contributed by atoms with E-state index in [1.807, 2.05) is 6.07 Å². The summed E-state index contributed by atoms with van der Waals surface area (Å²) in [6.45, 7) is 0. The standard InChI is InChI=1S/C56H34N4/c1-4-17-35(18-5-1)54-53-43-33-34-47(40-27-14-28-44(50(40)43)55(53)58-56(57-54)36-19-6-2-7-20-36)60-46-30-13-11-24-42(46)52-39(26-16-32-49(52)60)38-25-15-31-48-51(38)41-23-10-12-29-45(41)59(48)37-21-8-3-9-22-37/h1-34H. The molecule has 4 heteroatoms. The smallest absolute Gasteiger partial charge is 0.160 e. The number of hydrogen-bond donors (Lipinski definition) is 0. The zero-order valence-electron chi connectivity index (χ0n) is 32.4. The Bertz CT molecular complexity index is 3690. The van der Waals surface area contributed by atoms with Gasteiger partial charge in [0.15, 0.2) is 5.82 Å². The Hall–Kier alpha value is -8.08. The van der Waals surface area contributed by atoms with Crippen molar-refractivity contribution >= 4 is 54.4 Å². The number of nitrogens with zero attached hydrogens (tertiary/aromatic N) is 4. The summed E-state index contributed by atoms with van der Waals surface area (Å²) in [6, 6.07) is 74.2. The highest BCUT2D eigenvalue weighted by molar-refractivity contribution is 6.24. The van der Waals surface area contributed by atoms with Gasteiger partial charge < -0.3 is 9.13 Å². The summed E-state index contributed by atoms with van der Waals surface area (Å²) in [7, 11) is 0. The third-order valence-electron chi connectivity index (χ3n) is 12.5. The Balaban J connectivity index is 1.08. The predicted molar refractivity (Wildman–Crippen MR) is 249 cm³/mol. The number of hydrogen-bond acceptors (Lipinski definition) is 2. The monoisotopic (exact) mass is 762 g/mol. The number of aromatic nitrogens is 4. The van der Waals surface area contributed by atoms with Gasteiger partial charge in [0.05, 0.1) is 39.1 Å². The fourth-order valence-electron chi connectivity index (χ4n) is 10.0. The largest absolute Gasteiger partial charge is 0.309 e. The summed E-state index contributed by atoms with van der Waals surface area (Å²) in [4.78, 5) is 10.6. The predicted octanol–water partition coefficient (Wildman–Crippen LogP) is 14.5. The number of rotatable bonds is 5. The van der Waals surface area contributed by atoms with E-state index in [0.29, 0.717) is 0 Å². The minimum absolute atomic E-state index is 0.732. The molecule has 13 rings (SSSR count). The van der Waals surface area contributed by atoms with Crippen LogP contribution in [0.3, 0.4) is 0 Å². The first-order valence-corrected chi connectivity index (χ1v) is 20.5. The van der Waals surface area contributed by atoms with Crippen LogP contribution in [0.2, 0.25) is 0 Å². The molecule has 0 bridgehead atoms. The third-order valence-corrected chi connectivity index (χ3v) is 12.5. The Morgan fingerprint density at radius 1 is 0.300 bits per heavy atom. The minimum atomic E-state index is 0.732. The molecule has 4 nitrogen and oxygen atoms in total. The molecule has 0 atom stereocenters. The van der Waals surface area contributed by atoms with Gasteiger partial charge in [-0.1, -0.05) is 164 Å². The Labute approximate surface area is 345 Å². The molecule has 278 valence electrons. The van der Waals surface area contributed by atoms with Gasteiger partial charge in [-0.25, -0.2) is 9.97 Å². The van der Waals surface area contributed by atoms with Crippen molar-refractivity contribution in [1.82, 2.24) is 19.1 Å². The highest BCUT2D eigenvalue weighted by atomic mass is 15.0. The van der Waals surface area contributed by atoms with Gasteiger partial charge in [0.2, 0.25) is 0 Å². The summed E-state index contributed by atoms with van der Waals surface area (Å²) in [5.41, 5.74) is 16.9. The summed E-state index contributed by atoms with van der Waals surface area (Å²) in [5.74, 6) is 0.732. The number of para-hydroxylation sites is 3. The molecule has 9 aromatic carbocycles. The van der Waals surface area contributed by atoms with Crippen LogP contribution in [0.15, 0.2) is 206 Å². The molecule has 0 saturated heterocycles. The quantitative estimate of drug-likeness (QED) is 0.175. The molecular weight excluding hydrogens is 729 g/mol. The van der Waals surface area contributed by atoms with Crippen LogP contribution in [0, 0.1) is 0 Å². The van der Waals surface area contributed by atoms with Crippen molar-refractivity contribution in [2.45, 2.75) is 0 Å². The Kier molecular flexibility index (Phi) is 6.98. The average Bonchev–Trinajstić information content (AvgIpc) is 3.96. The first-order chi connectivity index (χ1) is 29.8. The molecule has 60 heavy (non-hydrogen) atoms. The van der Waals surface area contributed by atoms with Crippen molar-refractivity contribution in [1.29, 1.82) is 0 Å². The van der Waals surface area contributed by atoms with Crippen LogP contribution in [0.4, 0.5) is 0 Å². The van der Waals surface area contributed by atoms with Gasteiger partial charge in [-0.2, -0.15) is 0 Å². The topological polar surface area (TPSA) is 35.6 Å². The molecule has 0 unspecified atom stereocenters. The molecule has 3 aromatic heterocycles. The zero-order valence-corrected chi connectivity index (χ0v) is 32.4. The van der Waals surface area contributed by atoms with E-state index in [0.717, 1.165) is 50.8 Å². The molecular formula is C56H34N4. The van der Waals surface area contributed by atoms with E-state index in [-0.39, 0.29) is 0 Å². The van der Waals surface area contributed by atoms with Crippen LogP contribution in [0.1, 0.15) is 0 Å². The lowest BCUT2D eigenvalue weighted by Gasteiger charge is -2.14. The fraction of sp³-hybridized carbons (Fsp3) is 0. The van der Waals surface area contributed by atoms with E-state index in [9.17, 15) is 0 Å². The van der Waals surface area contributed by atoms with E-state index in [2.05, 4.69) is 209 Å². The summed E-state index contributed by atoms with van der Waals surface area (Å²) in [6.07, 6.45) is 0. The molecule has 3 heterocycles. The maximum atomic E-state index is 5.33. The van der Waals surface area contributed by atoms with Crippen molar-refractivity contribution in [2.24, 2.45) is 0 Å². The molecule has 0 radical (unpaired) electrons. The molecule has 0 aliphatic heterocycles. The Morgan fingerprint density at radius 3 is 1.48 bits per heavy atom. The minimum Gasteiger partial charge on any atom is -0.309 e. The first kappa shape index (κ1) is 32.9. The second-order valence-electron chi connectivity index (χ2n) is 15.7. The van der Waals surface area contributed by atoms with Crippen molar-refractivity contribution in [2.75, 3.05) is 0 Å². The van der Waals surface area contributed by atoms with Crippen molar-refractivity contribution in [3.05, 3.63) is 206 Å². The number of fused-ring (bicyclic) bond motifs is 9. The summed E-state index contributed by atoms with van der Waals surface area (Å²) >= 11 is 0. The van der Waals surface area contributed by atoms with Crippen LogP contribution in [-0.2, 0) is 0 Å². The van der Waals surface area contributed by atoms with Gasteiger partial charge in [-0.05, 0) is 59.2 Å². The van der Waals surface area contributed by atoms with Crippen molar-refractivity contribution in [3.63, 3.8) is 0 Å². The molecule has 0 spiro atoms. The van der Waals surface area contributed by atoms with Crippen molar-refractivity contribution in [3.8, 4) is 67.5 Å². The third kappa shape index (κ3) is 4.61. The lowest BCUT2D eigenvalue weighted by atomic mass is 9.95. The van der Waals surface area contributed by atoms with E-state index >= 15 is 0 Å². The van der Waals surface area contributed by atoms with Crippen LogP contribution in [0.5, 0.6) is 0 Å². The molecule has 0 saturated carbocycles. The second-order valence-corrected chi connectivity index (χ2v) is 15.7. The molecule has 0 amide bonds. The first-order valence-electron chi connectivity index (χ1n) is 20.5. The fourth-order valence-corrected chi connectivity index (χ4v) is 10.0. The molecule has 1 aliphatic rings. The van der Waals surface area contributed by atoms with Gasteiger partial charge in [-0.15, -0.1) is 0 Å². The SMILES string of the molecule is c1ccc(-c2nc(-c3ccccc3)c3c(n2)-c2cccc4c(-n5c6ccccc6c6c(-c7cccc8c7c7ccccc7n8-c7ccccc7)cccc65)ccc-3c24)cc1. The van der Waals surface area contributed by atoms with E-state index in [1.54, 1.807) is 0 Å². The van der Waals surface area contributed by atoms with Gasteiger partial charge in [0, 0.05) is 60.3 Å². The van der Waals surface area contributed by atoms with E-state index < -0.39 is 0 Å². The lowest BCUT2D eigenvalue weighted by molar-refractivity contribution is 1.18. The van der Waals surface area contributed by atoms with Crippen LogP contribution in [0.25, 0.3) is 122 Å². The molecule has 0 N–H and O–H groups in total. The van der Waals surface area contributed by atoms with Gasteiger partial charge in [0.1, 0.15) is 0 Å². The highest BCUT2D eigenvalue weighted by Gasteiger charge is 2.30. The maximum Gasteiger partial charge on any atom is 0.160 e. The zero-order chi connectivity index (χ0) is 39.3. The normalized spacial score (nSPS) is 12.0. The van der Waals surface area contributed by atoms with Gasteiger partial charge >= 0.3 is 0 Å². The van der Waals surface area contributed by atoms with E-state index in [4.69, 9.17) is 9.97 Å². The van der Waals surface area contributed by atoms with Crippen molar-refractivity contribution < 1.29 is 0 Å². The maximum absolute atomic E-state index is 5.33. The van der Waals surface area contributed by atoms with Crippen LogP contribution >= 0.6 is 0 Å². The number of benzene rings is 9. The average molecular weight is 763 g/mol. The van der Waals surface area contributed by atoms with Gasteiger partial charge in [0.25, 0.3) is 0 Å². The molecule has 1 aliphatic carbocycles. The molecule has 0 fully saturated rings. The highest BCUT2D eigenvalue weighted by Crippen LogP contribution is 2.52. The van der Waals surface area contributed by atoms with E-state index in [1.165, 1.54) is 71.1 Å². The lowest BCUT2D eigenvalue weighted by Crippen LogP contribution is -1.97. The second kappa shape index (κ2) is 12.7. The van der Waals surface area contributed by atoms with Crippen LogP contribution in [-0.4, -0.2) is 19.1 Å². The summed E-state index contributed by atoms with van der Waals surface area (Å²) < 4.78 is 4.88.